The van der Waals surface area contributed by atoms with Gasteiger partial charge in [-0.3, -0.25) is 10.1 Å². The molecule has 0 radical (unpaired) electrons. The smallest absolute Gasteiger partial charge is 0.321 e. The fraction of sp³-hybridized carbons (Fsp3) is 0.211. The Labute approximate surface area is 170 Å². The molecule has 4 rings (SSSR count). The zero-order chi connectivity index (χ0) is 20.2. The number of benzene rings is 2. The van der Waals surface area contributed by atoms with Crippen LogP contribution in [-0.2, 0) is 0 Å². The lowest BCUT2D eigenvalue weighted by molar-refractivity contribution is -0.384. The lowest BCUT2D eigenvalue weighted by Crippen LogP contribution is -2.50. The van der Waals surface area contributed by atoms with Crippen LogP contribution in [-0.4, -0.2) is 51.4 Å². The molecule has 1 saturated heterocycles. The Bertz CT molecular complexity index is 1000. The van der Waals surface area contributed by atoms with E-state index in [4.69, 9.17) is 0 Å². The van der Waals surface area contributed by atoms with Gasteiger partial charge in [0.1, 0.15) is 0 Å². The quantitative estimate of drug-likeness (QED) is 0.522. The highest BCUT2D eigenvalue weighted by molar-refractivity contribution is 7.09. The van der Waals surface area contributed by atoms with E-state index in [-0.39, 0.29) is 11.7 Å². The Kier molecular flexibility index (Phi) is 5.34. The summed E-state index contributed by atoms with van der Waals surface area (Å²) < 4.78 is 4.44. The molecule has 10 heteroatoms. The monoisotopic (exact) mass is 410 g/mol. The van der Waals surface area contributed by atoms with Gasteiger partial charge in [-0.25, -0.2) is 4.79 Å². The molecule has 0 saturated carbocycles. The average molecular weight is 410 g/mol. The van der Waals surface area contributed by atoms with Gasteiger partial charge in [-0.2, -0.15) is 9.36 Å². The molecule has 3 aromatic rings. The van der Waals surface area contributed by atoms with E-state index in [9.17, 15) is 14.9 Å². The maximum Gasteiger partial charge on any atom is 0.321 e. The van der Waals surface area contributed by atoms with Crippen molar-refractivity contribution in [2.75, 3.05) is 36.4 Å². The normalized spacial score (nSPS) is 13.9. The number of carbonyl (C=O) groups excluding carboxylic acids is 1. The molecule has 1 aromatic heterocycles. The van der Waals surface area contributed by atoms with Crippen LogP contribution in [0.5, 0.6) is 0 Å². The summed E-state index contributed by atoms with van der Waals surface area (Å²) in [6, 6.07) is 15.4. The first-order chi connectivity index (χ1) is 14.1. The van der Waals surface area contributed by atoms with E-state index in [1.807, 2.05) is 30.3 Å². The predicted molar refractivity (Wildman–Crippen MR) is 111 cm³/mol. The number of hydrogen-bond donors (Lipinski definition) is 1. The molecule has 2 amide bonds. The molecule has 2 aromatic carbocycles. The molecular weight excluding hydrogens is 392 g/mol. The summed E-state index contributed by atoms with van der Waals surface area (Å²) in [7, 11) is 0. The van der Waals surface area contributed by atoms with Gasteiger partial charge in [0.25, 0.3) is 5.69 Å². The van der Waals surface area contributed by atoms with E-state index in [0.29, 0.717) is 37.7 Å². The first-order valence-electron chi connectivity index (χ1n) is 9.04. The number of nitrogens with zero attached hydrogens (tertiary/aromatic N) is 5. The summed E-state index contributed by atoms with van der Waals surface area (Å²) in [5, 5.41) is 14.3. The minimum absolute atomic E-state index is 0.0106. The van der Waals surface area contributed by atoms with Gasteiger partial charge in [-0.15, -0.1) is 0 Å². The molecule has 1 aliphatic heterocycles. The molecule has 0 bridgehead atoms. The highest BCUT2D eigenvalue weighted by Gasteiger charge is 2.23. The number of urea groups is 1. The molecule has 1 N–H and O–H groups in total. The van der Waals surface area contributed by atoms with Crippen LogP contribution in [0.1, 0.15) is 0 Å². The fourth-order valence-electron chi connectivity index (χ4n) is 3.02. The van der Waals surface area contributed by atoms with Crippen molar-refractivity contribution in [2.24, 2.45) is 0 Å². The maximum atomic E-state index is 12.5. The van der Waals surface area contributed by atoms with Crippen LogP contribution in [0.4, 0.5) is 21.3 Å². The molecule has 9 nitrogen and oxygen atoms in total. The van der Waals surface area contributed by atoms with Gasteiger partial charge in [-0.1, -0.05) is 30.3 Å². The molecule has 1 aliphatic rings. The third-order valence-electron chi connectivity index (χ3n) is 4.61. The highest BCUT2D eigenvalue weighted by atomic mass is 32.1. The number of piperazine rings is 1. The minimum atomic E-state index is -0.471. The van der Waals surface area contributed by atoms with E-state index in [2.05, 4.69) is 19.6 Å². The summed E-state index contributed by atoms with van der Waals surface area (Å²) in [5.74, 6) is 0.712. The van der Waals surface area contributed by atoms with E-state index >= 15 is 0 Å². The summed E-state index contributed by atoms with van der Waals surface area (Å²) in [5.41, 5.74) is 1.50. The Balaban J connectivity index is 1.33. The number of anilines is 2. The SMILES string of the molecule is O=C(Nc1ccc([N+](=O)[O-])cc1)N1CCN(c2nc(-c3ccccc3)ns2)CC1. The van der Waals surface area contributed by atoms with Crippen molar-refractivity contribution in [3.8, 4) is 11.4 Å². The molecule has 0 unspecified atom stereocenters. The van der Waals surface area contributed by atoms with Gasteiger partial charge in [0.15, 0.2) is 5.82 Å². The topological polar surface area (TPSA) is 104 Å². The zero-order valence-corrected chi connectivity index (χ0v) is 16.2. The van der Waals surface area contributed by atoms with Gasteiger partial charge in [0, 0.05) is 61.1 Å². The zero-order valence-electron chi connectivity index (χ0n) is 15.4. The molecule has 148 valence electrons. The van der Waals surface area contributed by atoms with Gasteiger partial charge < -0.3 is 15.1 Å². The highest BCUT2D eigenvalue weighted by Crippen LogP contribution is 2.25. The second-order valence-corrected chi connectivity index (χ2v) is 7.21. The van der Waals surface area contributed by atoms with E-state index < -0.39 is 4.92 Å². The van der Waals surface area contributed by atoms with E-state index in [1.165, 1.54) is 35.8 Å². The summed E-state index contributed by atoms with van der Waals surface area (Å²) in [4.78, 5) is 31.2. The summed E-state index contributed by atoms with van der Waals surface area (Å²) >= 11 is 1.36. The number of amides is 2. The van der Waals surface area contributed by atoms with Crippen LogP contribution in [0.2, 0.25) is 0 Å². The van der Waals surface area contributed by atoms with Crippen molar-refractivity contribution >= 4 is 34.1 Å². The number of non-ortho nitro benzene ring substituents is 1. The first kappa shape index (κ1) is 18.8. The third kappa shape index (κ3) is 4.32. The van der Waals surface area contributed by atoms with E-state index in [1.54, 1.807) is 4.90 Å². The van der Waals surface area contributed by atoms with Crippen molar-refractivity contribution in [3.05, 3.63) is 64.7 Å². The van der Waals surface area contributed by atoms with E-state index in [0.717, 1.165) is 10.7 Å². The Hall–Kier alpha value is -3.53. The van der Waals surface area contributed by atoms with Crippen molar-refractivity contribution in [3.63, 3.8) is 0 Å². The van der Waals surface area contributed by atoms with Crippen molar-refractivity contribution in [2.45, 2.75) is 0 Å². The number of aromatic nitrogens is 2. The largest absolute Gasteiger partial charge is 0.343 e. The van der Waals surface area contributed by atoms with Gasteiger partial charge in [0.05, 0.1) is 4.92 Å². The lowest BCUT2D eigenvalue weighted by Gasteiger charge is -2.34. The van der Waals surface area contributed by atoms with Crippen LogP contribution in [0.15, 0.2) is 54.6 Å². The third-order valence-corrected chi connectivity index (χ3v) is 5.39. The van der Waals surface area contributed by atoms with Crippen LogP contribution in [0, 0.1) is 10.1 Å². The lowest BCUT2D eigenvalue weighted by atomic mass is 10.2. The number of nitrogens with one attached hydrogen (secondary N) is 1. The van der Waals surface area contributed by atoms with Crippen LogP contribution < -0.4 is 10.2 Å². The fourth-order valence-corrected chi connectivity index (χ4v) is 3.76. The summed E-state index contributed by atoms with van der Waals surface area (Å²) in [6.45, 7) is 2.44. The second-order valence-electron chi connectivity index (χ2n) is 6.47. The molecule has 29 heavy (non-hydrogen) atoms. The van der Waals surface area contributed by atoms with Crippen LogP contribution in [0.3, 0.4) is 0 Å². The number of rotatable bonds is 4. The first-order valence-corrected chi connectivity index (χ1v) is 9.82. The molecule has 0 aliphatic carbocycles. The standard InChI is InChI=1S/C19H18N6O3S/c26-18(20-15-6-8-16(9-7-15)25(27)28)23-10-12-24(13-11-23)19-21-17(22-29-19)14-4-2-1-3-5-14/h1-9H,10-13H2,(H,20,26). The number of nitro benzene ring substituents is 1. The Morgan fingerprint density at radius 2 is 1.72 bits per heavy atom. The van der Waals surface area contributed by atoms with Gasteiger partial charge >= 0.3 is 6.03 Å². The van der Waals surface area contributed by atoms with Gasteiger partial charge in [-0.05, 0) is 12.1 Å². The number of nitro groups is 1. The minimum Gasteiger partial charge on any atom is -0.343 e. The second kappa shape index (κ2) is 8.23. The Morgan fingerprint density at radius 3 is 2.38 bits per heavy atom. The maximum absolute atomic E-state index is 12.5. The number of hydrogen-bond acceptors (Lipinski definition) is 7. The number of carbonyl (C=O) groups is 1. The Morgan fingerprint density at radius 1 is 1.03 bits per heavy atom. The van der Waals surface area contributed by atoms with Crippen molar-refractivity contribution < 1.29 is 9.72 Å². The molecule has 1 fully saturated rings. The molecule has 2 heterocycles. The van der Waals surface area contributed by atoms with Crippen molar-refractivity contribution in [1.29, 1.82) is 0 Å². The van der Waals surface area contributed by atoms with Crippen LogP contribution >= 0.6 is 11.5 Å². The van der Waals surface area contributed by atoms with Gasteiger partial charge in [0.2, 0.25) is 5.13 Å². The average Bonchev–Trinajstić information content (AvgIpc) is 3.25. The predicted octanol–water partition coefficient (Wildman–Crippen LogP) is 3.47. The molecular formula is C19H18N6O3S. The summed E-state index contributed by atoms with van der Waals surface area (Å²) in [6.07, 6.45) is 0. The van der Waals surface area contributed by atoms with Crippen molar-refractivity contribution in [1.82, 2.24) is 14.3 Å². The molecule has 0 atom stereocenters. The van der Waals surface area contributed by atoms with Crippen LogP contribution in [0.25, 0.3) is 11.4 Å². The molecule has 0 spiro atoms.